The van der Waals surface area contributed by atoms with Gasteiger partial charge in [0.15, 0.2) is 0 Å². The number of hydrogen-bond acceptors (Lipinski definition) is 3. The van der Waals surface area contributed by atoms with Gasteiger partial charge in [-0.3, -0.25) is 4.79 Å². The number of rotatable bonds is 8. The molecule has 0 fully saturated rings. The molecule has 5 heteroatoms. The third-order valence-electron chi connectivity index (χ3n) is 4.06. The van der Waals surface area contributed by atoms with Crippen LogP contribution in [0.1, 0.15) is 29.9 Å². The molecule has 0 saturated carbocycles. The van der Waals surface area contributed by atoms with Gasteiger partial charge >= 0.3 is 0 Å². The SMILES string of the molecule is CN(C)CCCNC(=O)C[C@@H](c1ccccc1)c1cc(Cl)ccc1O. The van der Waals surface area contributed by atoms with E-state index in [4.69, 9.17) is 11.6 Å². The van der Waals surface area contributed by atoms with Crippen molar-refractivity contribution < 1.29 is 9.90 Å². The number of phenolic OH excluding ortho intramolecular Hbond substituents is 1. The molecule has 4 nitrogen and oxygen atoms in total. The number of hydrogen-bond donors (Lipinski definition) is 2. The summed E-state index contributed by atoms with van der Waals surface area (Å²) in [6.07, 6.45) is 1.16. The van der Waals surface area contributed by atoms with Crippen LogP contribution in [-0.2, 0) is 4.79 Å². The Bertz CT molecular complexity index is 689. The van der Waals surface area contributed by atoms with Gasteiger partial charge in [0, 0.05) is 29.5 Å². The van der Waals surface area contributed by atoms with Gasteiger partial charge in [-0.1, -0.05) is 41.9 Å². The Morgan fingerprint density at radius 3 is 2.60 bits per heavy atom. The summed E-state index contributed by atoms with van der Waals surface area (Å²) in [5.74, 6) is -0.126. The maximum absolute atomic E-state index is 12.4. The Balaban J connectivity index is 2.13. The standard InChI is InChI=1S/C20H25ClN2O2/c1-23(2)12-6-11-22-20(25)14-17(15-7-4-3-5-8-15)18-13-16(21)9-10-19(18)24/h3-5,7-10,13,17,24H,6,11-12,14H2,1-2H3,(H,22,25)/t17-/m0/s1. The summed E-state index contributed by atoms with van der Waals surface area (Å²) in [6, 6.07) is 14.7. The molecule has 0 aliphatic carbocycles. The molecule has 0 unspecified atom stereocenters. The molecular formula is C20H25ClN2O2. The monoisotopic (exact) mass is 360 g/mol. The van der Waals surface area contributed by atoms with Crippen LogP contribution in [0.2, 0.25) is 5.02 Å². The minimum absolute atomic E-state index is 0.0352. The molecule has 2 N–H and O–H groups in total. The van der Waals surface area contributed by atoms with Crippen LogP contribution in [0.4, 0.5) is 0 Å². The number of nitrogens with one attached hydrogen (secondary N) is 1. The number of amides is 1. The lowest BCUT2D eigenvalue weighted by Gasteiger charge is -2.19. The summed E-state index contributed by atoms with van der Waals surface area (Å²) in [5.41, 5.74) is 1.64. The van der Waals surface area contributed by atoms with Crippen molar-refractivity contribution in [2.75, 3.05) is 27.2 Å². The van der Waals surface area contributed by atoms with Crippen molar-refractivity contribution in [3.05, 3.63) is 64.7 Å². The molecule has 25 heavy (non-hydrogen) atoms. The number of benzene rings is 2. The van der Waals surface area contributed by atoms with Gasteiger partial charge in [0.1, 0.15) is 5.75 Å². The molecular weight excluding hydrogens is 336 g/mol. The highest BCUT2D eigenvalue weighted by molar-refractivity contribution is 6.30. The molecule has 2 aromatic rings. The third kappa shape index (κ3) is 6.07. The first-order chi connectivity index (χ1) is 12.0. The van der Waals surface area contributed by atoms with Crippen molar-refractivity contribution in [1.29, 1.82) is 0 Å². The van der Waals surface area contributed by atoms with Crippen molar-refractivity contribution in [2.24, 2.45) is 0 Å². The van der Waals surface area contributed by atoms with Crippen LogP contribution >= 0.6 is 11.6 Å². The number of nitrogens with zero attached hydrogens (tertiary/aromatic N) is 1. The average Bonchev–Trinajstić information content (AvgIpc) is 2.59. The molecule has 1 atom stereocenters. The molecule has 0 radical (unpaired) electrons. The molecule has 0 aromatic heterocycles. The molecule has 0 spiro atoms. The van der Waals surface area contributed by atoms with Crippen LogP contribution in [0, 0.1) is 0 Å². The summed E-state index contributed by atoms with van der Waals surface area (Å²) in [7, 11) is 4.02. The highest BCUT2D eigenvalue weighted by Crippen LogP contribution is 2.35. The van der Waals surface area contributed by atoms with E-state index in [9.17, 15) is 9.90 Å². The van der Waals surface area contributed by atoms with E-state index in [-0.39, 0.29) is 24.0 Å². The van der Waals surface area contributed by atoms with Crippen LogP contribution in [0.25, 0.3) is 0 Å². The highest BCUT2D eigenvalue weighted by atomic mass is 35.5. The maximum atomic E-state index is 12.4. The van der Waals surface area contributed by atoms with Crippen LogP contribution in [-0.4, -0.2) is 43.1 Å². The maximum Gasteiger partial charge on any atom is 0.220 e. The van der Waals surface area contributed by atoms with Crippen LogP contribution < -0.4 is 5.32 Å². The van der Waals surface area contributed by atoms with Gasteiger partial charge in [-0.25, -0.2) is 0 Å². The molecule has 0 bridgehead atoms. The zero-order chi connectivity index (χ0) is 18.2. The molecule has 0 heterocycles. The molecule has 1 amide bonds. The van der Waals surface area contributed by atoms with E-state index in [2.05, 4.69) is 10.2 Å². The van der Waals surface area contributed by atoms with Gasteiger partial charge in [-0.05, 0) is 50.8 Å². The number of aromatic hydroxyl groups is 1. The fraction of sp³-hybridized carbons (Fsp3) is 0.350. The fourth-order valence-corrected chi connectivity index (χ4v) is 2.96. The molecule has 2 rings (SSSR count). The first kappa shape index (κ1) is 19.3. The second kappa shape index (κ2) is 9.44. The van der Waals surface area contributed by atoms with Crippen LogP contribution in [0.15, 0.2) is 48.5 Å². The third-order valence-corrected chi connectivity index (χ3v) is 4.30. The van der Waals surface area contributed by atoms with Gasteiger partial charge in [0.25, 0.3) is 0 Å². The predicted octanol–water partition coefficient (Wildman–Crippen LogP) is 3.64. The number of carbonyl (C=O) groups excluding carboxylic acids is 1. The number of carbonyl (C=O) groups is 1. The lowest BCUT2D eigenvalue weighted by Crippen LogP contribution is -2.28. The minimum Gasteiger partial charge on any atom is -0.508 e. The number of halogens is 1. The van der Waals surface area contributed by atoms with E-state index >= 15 is 0 Å². The normalized spacial score (nSPS) is 12.2. The molecule has 0 aliphatic rings. The summed E-state index contributed by atoms with van der Waals surface area (Å²) in [5, 5.41) is 13.8. The fourth-order valence-electron chi connectivity index (χ4n) is 2.78. The van der Waals surface area contributed by atoms with E-state index in [0.717, 1.165) is 18.5 Å². The second-order valence-electron chi connectivity index (χ2n) is 6.38. The Hall–Kier alpha value is -2.04. The number of phenols is 1. The van der Waals surface area contributed by atoms with Gasteiger partial charge < -0.3 is 15.3 Å². The minimum atomic E-state index is -0.242. The predicted molar refractivity (Wildman–Crippen MR) is 102 cm³/mol. The van der Waals surface area contributed by atoms with E-state index in [1.807, 2.05) is 44.4 Å². The van der Waals surface area contributed by atoms with Crippen molar-refractivity contribution >= 4 is 17.5 Å². The summed E-state index contributed by atoms with van der Waals surface area (Å²) in [6.45, 7) is 1.57. The second-order valence-corrected chi connectivity index (χ2v) is 6.81. The molecule has 0 aliphatic heterocycles. The van der Waals surface area contributed by atoms with Gasteiger partial charge in [-0.15, -0.1) is 0 Å². The lowest BCUT2D eigenvalue weighted by atomic mass is 9.87. The summed E-state index contributed by atoms with van der Waals surface area (Å²) >= 11 is 6.10. The Morgan fingerprint density at radius 2 is 1.92 bits per heavy atom. The Labute approximate surface area is 154 Å². The van der Waals surface area contributed by atoms with Gasteiger partial charge in [0.2, 0.25) is 5.91 Å². The van der Waals surface area contributed by atoms with Gasteiger partial charge in [-0.2, -0.15) is 0 Å². The van der Waals surface area contributed by atoms with E-state index in [1.54, 1.807) is 18.2 Å². The smallest absolute Gasteiger partial charge is 0.220 e. The Kier molecular flexibility index (Phi) is 7.29. The molecule has 2 aromatic carbocycles. The van der Waals surface area contributed by atoms with E-state index in [0.29, 0.717) is 17.1 Å². The first-order valence-electron chi connectivity index (χ1n) is 8.42. The largest absolute Gasteiger partial charge is 0.508 e. The zero-order valence-corrected chi connectivity index (χ0v) is 15.5. The van der Waals surface area contributed by atoms with E-state index < -0.39 is 0 Å². The van der Waals surface area contributed by atoms with Crippen molar-refractivity contribution in [3.63, 3.8) is 0 Å². The van der Waals surface area contributed by atoms with Crippen molar-refractivity contribution in [2.45, 2.75) is 18.8 Å². The first-order valence-corrected chi connectivity index (χ1v) is 8.80. The molecule has 0 saturated heterocycles. The zero-order valence-electron chi connectivity index (χ0n) is 14.7. The van der Waals surface area contributed by atoms with Crippen LogP contribution in [0.3, 0.4) is 0 Å². The average molecular weight is 361 g/mol. The topological polar surface area (TPSA) is 52.6 Å². The molecule has 134 valence electrons. The van der Waals surface area contributed by atoms with Crippen molar-refractivity contribution in [3.8, 4) is 5.75 Å². The van der Waals surface area contributed by atoms with E-state index in [1.165, 1.54) is 0 Å². The summed E-state index contributed by atoms with van der Waals surface area (Å²) in [4.78, 5) is 14.5. The summed E-state index contributed by atoms with van der Waals surface area (Å²) < 4.78 is 0. The highest BCUT2D eigenvalue weighted by Gasteiger charge is 2.21. The lowest BCUT2D eigenvalue weighted by molar-refractivity contribution is -0.121. The van der Waals surface area contributed by atoms with Crippen molar-refractivity contribution in [1.82, 2.24) is 10.2 Å². The van der Waals surface area contributed by atoms with Crippen LogP contribution in [0.5, 0.6) is 5.75 Å². The van der Waals surface area contributed by atoms with Gasteiger partial charge in [0.05, 0.1) is 0 Å². The quantitative estimate of drug-likeness (QED) is 0.707. The Morgan fingerprint density at radius 1 is 1.20 bits per heavy atom.